The number of amides is 1. The lowest BCUT2D eigenvalue weighted by Gasteiger charge is -2.25. The van der Waals surface area contributed by atoms with E-state index in [1.807, 2.05) is 0 Å². The normalized spacial score (nSPS) is 12.0. The second-order valence-electron chi connectivity index (χ2n) is 5.67. The Labute approximate surface area is 141 Å². The number of benzene rings is 1. The number of sulfonamides is 1. The number of ether oxygens (including phenoxy) is 1. The molecule has 130 valence electrons. The highest BCUT2D eigenvalue weighted by Crippen LogP contribution is 2.27. The largest absolute Gasteiger partial charge is 0.443 e. The van der Waals surface area contributed by atoms with E-state index in [0.717, 1.165) is 23.5 Å². The molecule has 1 aromatic heterocycles. The minimum Gasteiger partial charge on any atom is -0.443 e. The lowest BCUT2D eigenvalue weighted by atomic mass is 10.2. The van der Waals surface area contributed by atoms with Crippen LogP contribution in [-0.2, 0) is 14.8 Å². The number of aromatic nitrogens is 1. The van der Waals surface area contributed by atoms with Gasteiger partial charge in [0, 0.05) is 11.4 Å². The number of hydrogen-bond donors (Lipinski definition) is 0. The first-order valence-electron chi connectivity index (χ1n) is 6.64. The minimum atomic E-state index is -4.68. The number of carbonyl (C=O) groups excluding carboxylic acids is 1. The van der Waals surface area contributed by atoms with Crippen LogP contribution in [0.1, 0.15) is 20.8 Å². The van der Waals surface area contributed by atoms with Crippen molar-refractivity contribution < 1.29 is 26.7 Å². The van der Waals surface area contributed by atoms with E-state index >= 15 is 0 Å². The molecule has 0 aliphatic carbocycles. The topological polar surface area (TPSA) is 76.6 Å². The molecule has 10 heteroatoms. The van der Waals surface area contributed by atoms with E-state index in [1.54, 1.807) is 20.8 Å². The van der Waals surface area contributed by atoms with Gasteiger partial charge in [0.1, 0.15) is 22.1 Å². The average Bonchev–Trinajstić information content (AvgIpc) is 2.89. The zero-order valence-corrected chi connectivity index (χ0v) is 14.6. The van der Waals surface area contributed by atoms with Gasteiger partial charge in [-0.05, 0) is 32.9 Å². The van der Waals surface area contributed by atoms with Crippen LogP contribution in [0.25, 0.3) is 0 Å². The van der Waals surface area contributed by atoms with Gasteiger partial charge in [-0.3, -0.25) is 0 Å². The molecule has 2 aromatic rings. The Morgan fingerprint density at radius 1 is 1.29 bits per heavy atom. The molecule has 1 heterocycles. The third kappa shape index (κ3) is 3.88. The average molecular weight is 376 g/mol. The van der Waals surface area contributed by atoms with E-state index in [4.69, 9.17) is 4.74 Å². The van der Waals surface area contributed by atoms with Crippen molar-refractivity contribution in [2.24, 2.45) is 0 Å². The maximum absolute atomic E-state index is 13.9. The highest BCUT2D eigenvalue weighted by atomic mass is 32.2. The van der Waals surface area contributed by atoms with Crippen molar-refractivity contribution in [1.82, 2.24) is 4.98 Å². The van der Waals surface area contributed by atoms with Crippen LogP contribution in [0, 0.1) is 11.6 Å². The first-order chi connectivity index (χ1) is 11.0. The van der Waals surface area contributed by atoms with E-state index in [-0.39, 0.29) is 10.1 Å². The van der Waals surface area contributed by atoms with Gasteiger partial charge in [-0.2, -0.15) is 0 Å². The minimum absolute atomic E-state index is 0.238. The molecule has 0 atom stereocenters. The molecule has 0 unspecified atom stereocenters. The van der Waals surface area contributed by atoms with Gasteiger partial charge in [-0.25, -0.2) is 27.0 Å². The van der Waals surface area contributed by atoms with Gasteiger partial charge in [-0.1, -0.05) is 0 Å². The van der Waals surface area contributed by atoms with E-state index in [0.29, 0.717) is 6.07 Å². The first-order valence-corrected chi connectivity index (χ1v) is 9.02. The molecule has 0 aliphatic rings. The summed E-state index contributed by atoms with van der Waals surface area (Å²) in [5.41, 5.74) is 0.325. The molecule has 0 N–H and O–H groups in total. The van der Waals surface area contributed by atoms with Crippen molar-refractivity contribution >= 4 is 33.3 Å². The fourth-order valence-corrected chi connectivity index (χ4v) is 3.61. The van der Waals surface area contributed by atoms with Crippen LogP contribution in [0.4, 0.5) is 19.4 Å². The van der Waals surface area contributed by atoms with Crippen molar-refractivity contribution in [3.05, 3.63) is 40.7 Å². The van der Waals surface area contributed by atoms with Crippen LogP contribution < -0.4 is 4.31 Å². The van der Waals surface area contributed by atoms with Gasteiger partial charge < -0.3 is 4.74 Å². The Morgan fingerprint density at radius 3 is 2.46 bits per heavy atom. The Morgan fingerprint density at radius 2 is 1.96 bits per heavy atom. The summed E-state index contributed by atoms with van der Waals surface area (Å²) in [7, 11) is -4.68. The highest BCUT2D eigenvalue weighted by Gasteiger charge is 2.37. The Kier molecular flexibility index (Phi) is 4.90. The van der Waals surface area contributed by atoms with E-state index in [2.05, 4.69) is 4.98 Å². The smallest absolute Gasteiger partial charge is 0.430 e. The molecule has 1 amide bonds. The lowest BCUT2D eigenvalue weighted by molar-refractivity contribution is 0.0608. The van der Waals surface area contributed by atoms with Crippen LogP contribution in [0.2, 0.25) is 0 Å². The summed E-state index contributed by atoms with van der Waals surface area (Å²) >= 11 is 1.04. The quantitative estimate of drug-likeness (QED) is 0.819. The number of nitrogens with zero attached hydrogens (tertiary/aromatic N) is 2. The zero-order valence-electron chi connectivity index (χ0n) is 13.0. The summed E-state index contributed by atoms with van der Waals surface area (Å²) in [4.78, 5) is 15.3. The van der Waals surface area contributed by atoms with Crippen molar-refractivity contribution in [2.75, 3.05) is 4.31 Å². The van der Waals surface area contributed by atoms with Crippen molar-refractivity contribution in [3.63, 3.8) is 0 Å². The molecule has 0 saturated carbocycles. The van der Waals surface area contributed by atoms with Gasteiger partial charge in [0.05, 0.1) is 5.51 Å². The Balaban J connectivity index is 2.56. The van der Waals surface area contributed by atoms with Crippen LogP contribution in [0.3, 0.4) is 0 Å². The molecule has 0 fully saturated rings. The first kappa shape index (κ1) is 18.3. The number of carbonyl (C=O) groups is 1. The van der Waals surface area contributed by atoms with Gasteiger partial charge in [0.2, 0.25) is 0 Å². The van der Waals surface area contributed by atoms with Gasteiger partial charge in [-0.15, -0.1) is 15.6 Å². The van der Waals surface area contributed by atoms with Gasteiger partial charge >= 0.3 is 6.09 Å². The molecule has 0 bridgehead atoms. The third-order valence-corrected chi connectivity index (χ3v) is 4.88. The third-order valence-electron chi connectivity index (χ3n) is 2.60. The molecule has 1 aromatic carbocycles. The van der Waals surface area contributed by atoms with Crippen LogP contribution in [0.15, 0.2) is 34.0 Å². The maximum Gasteiger partial charge on any atom is 0.430 e. The predicted molar refractivity (Wildman–Crippen MR) is 84.4 cm³/mol. The molecule has 0 radical (unpaired) electrons. The predicted octanol–water partition coefficient (Wildman–Crippen LogP) is 3.55. The number of hydrogen-bond acceptors (Lipinski definition) is 6. The standard InChI is InChI=1S/C14H14F2N2O4S2/c1-14(2,3)22-13(19)18(12-7-23-8-17-12)24(20,21)11-5-4-9(15)6-10(11)16/h4-8H,1-3H3. The summed E-state index contributed by atoms with van der Waals surface area (Å²) in [5.74, 6) is -2.50. The summed E-state index contributed by atoms with van der Waals surface area (Å²) in [5, 5.41) is 1.29. The summed E-state index contributed by atoms with van der Waals surface area (Å²) in [6, 6.07) is 1.94. The molecule has 6 nitrogen and oxygen atoms in total. The van der Waals surface area contributed by atoms with Gasteiger partial charge in [0.25, 0.3) is 10.0 Å². The number of anilines is 1. The van der Waals surface area contributed by atoms with Crippen molar-refractivity contribution in [1.29, 1.82) is 0 Å². The highest BCUT2D eigenvalue weighted by molar-refractivity contribution is 7.93. The van der Waals surface area contributed by atoms with E-state index < -0.39 is 38.2 Å². The molecule has 0 aliphatic heterocycles. The SMILES string of the molecule is CC(C)(C)OC(=O)N(c1cscn1)S(=O)(=O)c1ccc(F)cc1F. The number of halogens is 2. The lowest BCUT2D eigenvalue weighted by Crippen LogP contribution is -2.41. The monoisotopic (exact) mass is 376 g/mol. The maximum atomic E-state index is 13.9. The second kappa shape index (κ2) is 6.44. The molecule has 2 rings (SSSR count). The molecular formula is C14H14F2N2O4S2. The molecular weight excluding hydrogens is 362 g/mol. The van der Waals surface area contributed by atoms with Crippen molar-refractivity contribution in [3.8, 4) is 0 Å². The van der Waals surface area contributed by atoms with E-state index in [9.17, 15) is 22.0 Å². The molecule has 0 saturated heterocycles. The number of thiazole rings is 1. The van der Waals surface area contributed by atoms with Crippen molar-refractivity contribution in [2.45, 2.75) is 31.3 Å². The fraction of sp³-hybridized carbons (Fsp3) is 0.286. The second-order valence-corrected chi connectivity index (χ2v) is 8.14. The van der Waals surface area contributed by atoms with E-state index in [1.165, 1.54) is 10.9 Å². The van der Waals surface area contributed by atoms with Crippen LogP contribution >= 0.6 is 11.3 Å². The summed E-state index contributed by atoms with van der Waals surface area (Å²) in [6.07, 6.45) is -1.24. The summed E-state index contributed by atoms with van der Waals surface area (Å²) < 4.78 is 57.7. The number of rotatable bonds is 3. The Bertz CT molecular complexity index is 846. The summed E-state index contributed by atoms with van der Waals surface area (Å²) in [6.45, 7) is 4.65. The van der Waals surface area contributed by atoms with Crippen LogP contribution in [0.5, 0.6) is 0 Å². The molecule has 24 heavy (non-hydrogen) atoms. The molecule has 0 spiro atoms. The van der Waals surface area contributed by atoms with Gasteiger partial charge in [0.15, 0.2) is 5.82 Å². The fourth-order valence-electron chi connectivity index (χ4n) is 1.71. The van der Waals surface area contributed by atoms with Crippen LogP contribution in [-0.4, -0.2) is 25.1 Å². The Hall–Kier alpha value is -2.07. The zero-order chi connectivity index (χ0) is 18.1.